The van der Waals surface area contributed by atoms with Crippen molar-refractivity contribution in [2.45, 2.75) is 98.3 Å². The topological polar surface area (TPSA) is 25.8 Å². The van der Waals surface area contributed by atoms with Crippen LogP contribution in [0.2, 0.25) is 0 Å². The van der Waals surface area contributed by atoms with E-state index in [9.17, 15) is 0 Å². The summed E-state index contributed by atoms with van der Waals surface area (Å²) in [6.07, 6.45) is 12.2. The molecule has 1 aromatic carbocycles. The molecule has 4 rings (SSSR count). The summed E-state index contributed by atoms with van der Waals surface area (Å²) in [4.78, 5) is 9.95. The van der Waals surface area contributed by atoms with Gasteiger partial charge >= 0.3 is 0 Å². The normalized spacial score (nSPS) is 28.0. The minimum Gasteiger partial charge on any atom is -0.254 e. The first-order chi connectivity index (χ1) is 15.9. The van der Waals surface area contributed by atoms with Crippen LogP contribution in [0.4, 0.5) is 0 Å². The van der Waals surface area contributed by atoms with E-state index in [0.29, 0.717) is 5.92 Å². The molecule has 0 saturated heterocycles. The van der Waals surface area contributed by atoms with E-state index in [-0.39, 0.29) is 0 Å². The van der Waals surface area contributed by atoms with Crippen LogP contribution in [-0.4, -0.2) is 9.97 Å². The second kappa shape index (κ2) is 10.5. The molecule has 0 radical (unpaired) electrons. The van der Waals surface area contributed by atoms with Crippen LogP contribution in [0, 0.1) is 44.4 Å². The van der Waals surface area contributed by atoms with Crippen LogP contribution in [0.1, 0.15) is 105 Å². The standard InChI is InChI=1S/C31H44N2/c1-7-26-19-28(31-23(6)32-30(20(2)3)22(5)33-31)16-17-29(26)27-14-12-25(13-15-27)18-24-10-8-21(4)9-11-24/h8-11,25-29H,2,7,12-19H2,1,3-6H3/t25?,26-,27?,28?,29?/m0/s1. The lowest BCUT2D eigenvalue weighted by atomic mass is 9.63. The summed E-state index contributed by atoms with van der Waals surface area (Å²) in [5.41, 5.74) is 8.32. The van der Waals surface area contributed by atoms with E-state index in [1.807, 2.05) is 6.92 Å². The van der Waals surface area contributed by atoms with Crippen molar-refractivity contribution < 1.29 is 0 Å². The predicted molar refractivity (Wildman–Crippen MR) is 140 cm³/mol. The van der Waals surface area contributed by atoms with Gasteiger partial charge < -0.3 is 0 Å². The molecule has 2 saturated carbocycles. The zero-order valence-corrected chi connectivity index (χ0v) is 21.7. The fourth-order valence-electron chi connectivity index (χ4n) is 6.92. The molecule has 2 heteroatoms. The maximum Gasteiger partial charge on any atom is 0.0868 e. The smallest absolute Gasteiger partial charge is 0.0868 e. The van der Waals surface area contributed by atoms with Gasteiger partial charge in [-0.25, -0.2) is 4.98 Å². The van der Waals surface area contributed by atoms with E-state index in [2.05, 4.69) is 58.5 Å². The van der Waals surface area contributed by atoms with Gasteiger partial charge in [0.2, 0.25) is 0 Å². The molecule has 1 aromatic heterocycles. The minimum absolute atomic E-state index is 0.578. The molecule has 2 aliphatic rings. The molecule has 1 heterocycles. The quantitative estimate of drug-likeness (QED) is 0.447. The van der Waals surface area contributed by atoms with Gasteiger partial charge in [0.1, 0.15) is 0 Å². The highest BCUT2D eigenvalue weighted by molar-refractivity contribution is 5.59. The first-order valence-electron chi connectivity index (χ1n) is 13.4. The fourth-order valence-corrected chi connectivity index (χ4v) is 6.92. The summed E-state index contributed by atoms with van der Waals surface area (Å²) in [5.74, 6) is 4.15. The van der Waals surface area contributed by atoms with E-state index in [1.54, 1.807) is 0 Å². The Morgan fingerprint density at radius 1 is 0.909 bits per heavy atom. The highest BCUT2D eigenvalue weighted by Crippen LogP contribution is 2.48. The summed E-state index contributed by atoms with van der Waals surface area (Å²) in [5, 5.41) is 0. The van der Waals surface area contributed by atoms with Crippen molar-refractivity contribution >= 4 is 5.57 Å². The third-order valence-electron chi connectivity index (χ3n) is 8.78. The van der Waals surface area contributed by atoms with Crippen LogP contribution < -0.4 is 0 Å². The number of nitrogens with zero attached hydrogens (tertiary/aromatic N) is 2. The lowest BCUT2D eigenvalue weighted by Crippen LogP contribution is -2.32. The molecule has 0 aliphatic heterocycles. The first-order valence-corrected chi connectivity index (χ1v) is 13.4. The Bertz CT molecular complexity index is 950. The highest BCUT2D eigenvalue weighted by atomic mass is 14.8. The van der Waals surface area contributed by atoms with Crippen LogP contribution >= 0.6 is 0 Å². The van der Waals surface area contributed by atoms with Gasteiger partial charge in [0, 0.05) is 5.92 Å². The predicted octanol–water partition coefficient (Wildman–Crippen LogP) is 8.39. The zero-order chi connectivity index (χ0) is 23.5. The van der Waals surface area contributed by atoms with Crippen molar-refractivity contribution in [3.63, 3.8) is 0 Å². The third kappa shape index (κ3) is 5.58. The van der Waals surface area contributed by atoms with Crippen molar-refractivity contribution in [1.29, 1.82) is 0 Å². The van der Waals surface area contributed by atoms with E-state index >= 15 is 0 Å². The minimum atomic E-state index is 0.578. The molecule has 0 amide bonds. The van der Waals surface area contributed by atoms with E-state index in [1.165, 1.54) is 74.6 Å². The van der Waals surface area contributed by atoms with Crippen molar-refractivity contribution in [2.24, 2.45) is 23.7 Å². The second-order valence-electron chi connectivity index (χ2n) is 11.2. The number of allylic oxidation sites excluding steroid dienone is 1. The monoisotopic (exact) mass is 444 g/mol. The van der Waals surface area contributed by atoms with E-state index < -0.39 is 0 Å². The van der Waals surface area contributed by atoms with Gasteiger partial charge in [-0.1, -0.05) is 49.8 Å². The summed E-state index contributed by atoms with van der Waals surface area (Å²) in [6, 6.07) is 9.21. The Hall–Kier alpha value is -1.96. The summed E-state index contributed by atoms with van der Waals surface area (Å²) in [7, 11) is 0. The van der Waals surface area contributed by atoms with Crippen LogP contribution in [0.5, 0.6) is 0 Å². The summed E-state index contributed by atoms with van der Waals surface area (Å²) >= 11 is 0. The second-order valence-corrected chi connectivity index (χ2v) is 11.2. The molecule has 2 aliphatic carbocycles. The largest absolute Gasteiger partial charge is 0.254 e. The van der Waals surface area contributed by atoms with Gasteiger partial charge in [-0.3, -0.25) is 4.98 Å². The van der Waals surface area contributed by atoms with Crippen LogP contribution in [0.15, 0.2) is 30.8 Å². The van der Waals surface area contributed by atoms with Crippen molar-refractivity contribution in [1.82, 2.24) is 9.97 Å². The molecule has 0 spiro atoms. The summed E-state index contributed by atoms with van der Waals surface area (Å²) < 4.78 is 0. The average molecular weight is 445 g/mol. The van der Waals surface area contributed by atoms with Crippen LogP contribution in [-0.2, 0) is 6.42 Å². The molecule has 2 fully saturated rings. The van der Waals surface area contributed by atoms with Crippen molar-refractivity contribution in [2.75, 3.05) is 0 Å². The van der Waals surface area contributed by atoms with Gasteiger partial charge in [-0.05, 0) is 114 Å². The Morgan fingerprint density at radius 2 is 1.61 bits per heavy atom. The Balaban J connectivity index is 1.36. The third-order valence-corrected chi connectivity index (χ3v) is 8.78. The number of benzene rings is 1. The van der Waals surface area contributed by atoms with Crippen molar-refractivity contribution in [3.05, 3.63) is 64.7 Å². The number of hydrogen-bond donors (Lipinski definition) is 0. The van der Waals surface area contributed by atoms with Crippen molar-refractivity contribution in [3.8, 4) is 0 Å². The maximum absolute atomic E-state index is 5.06. The molecule has 2 nitrogen and oxygen atoms in total. The highest BCUT2D eigenvalue weighted by Gasteiger charge is 2.37. The molecule has 2 aromatic rings. The number of aryl methyl sites for hydroxylation is 3. The number of hydrogen-bond acceptors (Lipinski definition) is 2. The van der Waals surface area contributed by atoms with E-state index in [4.69, 9.17) is 9.97 Å². The fraction of sp³-hybridized carbons (Fsp3) is 0.613. The number of aromatic nitrogens is 2. The first kappa shape index (κ1) is 24.2. The van der Waals surface area contributed by atoms with Gasteiger partial charge in [-0.2, -0.15) is 0 Å². The molecule has 178 valence electrons. The molecule has 0 bridgehead atoms. The summed E-state index contributed by atoms with van der Waals surface area (Å²) in [6.45, 7) is 15.0. The van der Waals surface area contributed by atoms with Gasteiger partial charge in [0.15, 0.2) is 0 Å². The molecule has 2 unspecified atom stereocenters. The van der Waals surface area contributed by atoms with Gasteiger partial charge in [0.05, 0.1) is 22.8 Å². The Labute approximate surface area is 202 Å². The Kier molecular flexibility index (Phi) is 7.72. The van der Waals surface area contributed by atoms with Gasteiger partial charge in [-0.15, -0.1) is 0 Å². The molecular formula is C31H44N2. The molecule has 33 heavy (non-hydrogen) atoms. The zero-order valence-electron chi connectivity index (χ0n) is 21.7. The maximum atomic E-state index is 5.06. The van der Waals surface area contributed by atoms with Crippen LogP contribution in [0.3, 0.4) is 0 Å². The lowest BCUT2D eigenvalue weighted by molar-refractivity contribution is 0.0999. The molecule has 3 atom stereocenters. The van der Waals surface area contributed by atoms with Crippen LogP contribution in [0.25, 0.3) is 5.57 Å². The molecular weight excluding hydrogens is 400 g/mol. The Morgan fingerprint density at radius 3 is 2.24 bits per heavy atom. The average Bonchev–Trinajstić information content (AvgIpc) is 2.82. The number of rotatable bonds is 6. The molecule has 0 N–H and O–H groups in total. The SMILES string of the molecule is C=C(C)c1nc(C)c(C2CCC(C3CCC(Cc4ccc(C)cc4)CC3)[C@@H](CC)C2)nc1C. The van der Waals surface area contributed by atoms with E-state index in [0.717, 1.165) is 46.3 Å². The van der Waals surface area contributed by atoms with Gasteiger partial charge in [0.25, 0.3) is 0 Å². The lowest BCUT2D eigenvalue weighted by Gasteiger charge is -2.43.